The van der Waals surface area contributed by atoms with E-state index in [4.69, 9.17) is 5.84 Å². The second kappa shape index (κ2) is 5.75. The summed E-state index contributed by atoms with van der Waals surface area (Å²) in [6.07, 6.45) is 3.00. The Morgan fingerprint density at radius 2 is 2.00 bits per heavy atom. The van der Waals surface area contributed by atoms with Gasteiger partial charge in [-0.1, -0.05) is 0 Å². The Balaban J connectivity index is 2.63. The van der Waals surface area contributed by atoms with E-state index in [9.17, 15) is 0 Å². The van der Waals surface area contributed by atoms with Gasteiger partial charge in [-0.15, -0.1) is 0 Å². The molecule has 0 radical (unpaired) electrons. The van der Waals surface area contributed by atoms with Gasteiger partial charge in [0, 0.05) is 18.4 Å². The fourth-order valence-corrected chi connectivity index (χ4v) is 1.03. The zero-order valence-electron chi connectivity index (χ0n) is 8.14. The summed E-state index contributed by atoms with van der Waals surface area (Å²) in [4.78, 5) is 4.12. The predicted octanol–water partition coefficient (Wildman–Crippen LogP) is 1.77. The SMILES string of the molecule is CCNc1ccc(N=CC=NN)cc1. The summed E-state index contributed by atoms with van der Waals surface area (Å²) in [5.41, 5.74) is 1.98. The third-order valence-corrected chi connectivity index (χ3v) is 1.62. The number of hydrogen-bond acceptors (Lipinski definition) is 4. The fourth-order valence-electron chi connectivity index (χ4n) is 1.03. The molecule has 0 aromatic heterocycles. The minimum Gasteiger partial charge on any atom is -0.385 e. The van der Waals surface area contributed by atoms with Crippen molar-refractivity contribution < 1.29 is 0 Å². The molecule has 0 saturated heterocycles. The number of benzene rings is 1. The largest absolute Gasteiger partial charge is 0.385 e. The topological polar surface area (TPSA) is 62.8 Å². The first-order valence-corrected chi connectivity index (χ1v) is 4.46. The van der Waals surface area contributed by atoms with Crippen molar-refractivity contribution in [2.24, 2.45) is 15.9 Å². The highest BCUT2D eigenvalue weighted by Gasteiger charge is 1.89. The van der Waals surface area contributed by atoms with Crippen LogP contribution in [0.15, 0.2) is 34.4 Å². The van der Waals surface area contributed by atoms with Gasteiger partial charge in [-0.05, 0) is 31.2 Å². The molecule has 1 rings (SSSR count). The molecule has 4 heteroatoms. The highest BCUT2D eigenvalue weighted by Crippen LogP contribution is 2.15. The predicted molar refractivity (Wildman–Crippen MR) is 61.4 cm³/mol. The van der Waals surface area contributed by atoms with Gasteiger partial charge in [0.05, 0.1) is 11.9 Å². The van der Waals surface area contributed by atoms with Crippen molar-refractivity contribution in [3.8, 4) is 0 Å². The molecular formula is C10H14N4. The number of nitrogens with zero attached hydrogens (tertiary/aromatic N) is 2. The number of nitrogens with one attached hydrogen (secondary N) is 1. The van der Waals surface area contributed by atoms with Crippen LogP contribution in [0.25, 0.3) is 0 Å². The highest BCUT2D eigenvalue weighted by molar-refractivity contribution is 6.16. The zero-order chi connectivity index (χ0) is 10.2. The Morgan fingerprint density at radius 1 is 1.29 bits per heavy atom. The summed E-state index contributed by atoms with van der Waals surface area (Å²) in [7, 11) is 0. The number of nitrogens with two attached hydrogens (primary N) is 1. The zero-order valence-corrected chi connectivity index (χ0v) is 8.14. The molecule has 1 aromatic rings. The maximum atomic E-state index is 4.92. The Hall–Kier alpha value is -1.84. The summed E-state index contributed by atoms with van der Waals surface area (Å²) in [6.45, 7) is 2.98. The van der Waals surface area contributed by atoms with Gasteiger partial charge >= 0.3 is 0 Å². The lowest BCUT2D eigenvalue weighted by Crippen LogP contribution is -1.94. The molecule has 0 aliphatic carbocycles. The Labute approximate surface area is 83.5 Å². The number of rotatable bonds is 4. The van der Waals surface area contributed by atoms with Crippen LogP contribution in [0.4, 0.5) is 11.4 Å². The van der Waals surface area contributed by atoms with Crippen molar-refractivity contribution in [3.63, 3.8) is 0 Å². The third kappa shape index (κ3) is 3.26. The lowest BCUT2D eigenvalue weighted by atomic mass is 10.3. The van der Waals surface area contributed by atoms with Crippen molar-refractivity contribution >= 4 is 23.8 Å². The Kier molecular flexibility index (Phi) is 4.20. The molecule has 1 aromatic carbocycles. The molecule has 0 bridgehead atoms. The Bertz CT molecular complexity index is 313. The van der Waals surface area contributed by atoms with Crippen LogP contribution in [-0.2, 0) is 0 Å². The van der Waals surface area contributed by atoms with Crippen molar-refractivity contribution in [3.05, 3.63) is 24.3 Å². The molecule has 0 atom stereocenters. The molecule has 14 heavy (non-hydrogen) atoms. The molecule has 0 aliphatic rings. The van der Waals surface area contributed by atoms with E-state index in [0.29, 0.717) is 0 Å². The maximum absolute atomic E-state index is 4.92. The van der Waals surface area contributed by atoms with Crippen molar-refractivity contribution in [2.75, 3.05) is 11.9 Å². The maximum Gasteiger partial charge on any atom is 0.0648 e. The quantitative estimate of drug-likeness (QED) is 0.431. The van der Waals surface area contributed by atoms with Crippen molar-refractivity contribution in [1.29, 1.82) is 0 Å². The average molecular weight is 190 g/mol. The fraction of sp³-hybridized carbons (Fsp3) is 0.200. The molecule has 0 spiro atoms. The van der Waals surface area contributed by atoms with Gasteiger partial charge in [0.2, 0.25) is 0 Å². The van der Waals surface area contributed by atoms with E-state index >= 15 is 0 Å². The first-order chi connectivity index (χ1) is 6.86. The second-order valence-corrected chi connectivity index (χ2v) is 2.65. The Morgan fingerprint density at radius 3 is 2.57 bits per heavy atom. The van der Waals surface area contributed by atoms with E-state index < -0.39 is 0 Å². The summed E-state index contributed by atoms with van der Waals surface area (Å²) >= 11 is 0. The molecule has 0 saturated carbocycles. The number of aliphatic imine (C=N–C) groups is 1. The summed E-state index contributed by atoms with van der Waals surface area (Å²) < 4.78 is 0. The van der Waals surface area contributed by atoms with Crippen LogP contribution in [0.1, 0.15) is 6.92 Å². The van der Waals surface area contributed by atoms with Gasteiger partial charge in [-0.3, -0.25) is 4.99 Å². The number of hydrogen-bond donors (Lipinski definition) is 2. The first kappa shape index (κ1) is 10.2. The molecule has 74 valence electrons. The van der Waals surface area contributed by atoms with E-state index in [0.717, 1.165) is 17.9 Å². The molecule has 3 N–H and O–H groups in total. The summed E-state index contributed by atoms with van der Waals surface area (Å²) in [6, 6.07) is 7.82. The van der Waals surface area contributed by atoms with E-state index in [1.54, 1.807) is 6.21 Å². The van der Waals surface area contributed by atoms with Crippen LogP contribution in [0.3, 0.4) is 0 Å². The lowest BCUT2D eigenvalue weighted by Gasteiger charge is -2.01. The minimum absolute atomic E-state index is 0.881. The van der Waals surface area contributed by atoms with E-state index in [1.165, 1.54) is 6.21 Å². The summed E-state index contributed by atoms with van der Waals surface area (Å²) in [5, 5.41) is 6.51. The second-order valence-electron chi connectivity index (χ2n) is 2.65. The van der Waals surface area contributed by atoms with Crippen LogP contribution in [-0.4, -0.2) is 19.0 Å². The number of hydrazone groups is 1. The monoisotopic (exact) mass is 190 g/mol. The molecule has 0 aliphatic heterocycles. The van der Waals surface area contributed by atoms with Gasteiger partial charge in [0.25, 0.3) is 0 Å². The first-order valence-electron chi connectivity index (χ1n) is 4.46. The van der Waals surface area contributed by atoms with E-state index in [-0.39, 0.29) is 0 Å². The van der Waals surface area contributed by atoms with E-state index in [1.807, 2.05) is 24.3 Å². The van der Waals surface area contributed by atoms with Gasteiger partial charge in [-0.2, -0.15) is 5.10 Å². The smallest absolute Gasteiger partial charge is 0.0648 e. The van der Waals surface area contributed by atoms with Gasteiger partial charge < -0.3 is 11.2 Å². The van der Waals surface area contributed by atoms with Crippen LogP contribution in [0.5, 0.6) is 0 Å². The molecule has 0 amide bonds. The normalized spacial score (nSPS) is 11.2. The van der Waals surface area contributed by atoms with Crippen LogP contribution >= 0.6 is 0 Å². The average Bonchev–Trinajstić information content (AvgIpc) is 2.21. The molecule has 4 nitrogen and oxygen atoms in total. The van der Waals surface area contributed by atoms with Gasteiger partial charge in [0.15, 0.2) is 0 Å². The van der Waals surface area contributed by atoms with Gasteiger partial charge in [-0.25, -0.2) is 0 Å². The van der Waals surface area contributed by atoms with Crippen molar-refractivity contribution in [2.45, 2.75) is 6.92 Å². The van der Waals surface area contributed by atoms with Crippen LogP contribution in [0.2, 0.25) is 0 Å². The van der Waals surface area contributed by atoms with E-state index in [2.05, 4.69) is 22.3 Å². The lowest BCUT2D eigenvalue weighted by molar-refractivity contribution is 1.21. The molecule has 0 heterocycles. The number of anilines is 1. The molecule has 0 unspecified atom stereocenters. The highest BCUT2D eigenvalue weighted by atomic mass is 15.1. The standard InChI is InChI=1S/C10H14N4/c1-2-12-9-3-5-10(6-4-9)13-7-8-14-11/h3-8,12H,2,11H2,1H3. The molecular weight excluding hydrogens is 176 g/mol. The third-order valence-electron chi connectivity index (χ3n) is 1.62. The van der Waals surface area contributed by atoms with Crippen LogP contribution in [0, 0.1) is 0 Å². The van der Waals surface area contributed by atoms with Gasteiger partial charge in [0.1, 0.15) is 0 Å². The van der Waals surface area contributed by atoms with Crippen LogP contribution < -0.4 is 11.2 Å². The minimum atomic E-state index is 0.881. The summed E-state index contributed by atoms with van der Waals surface area (Å²) in [5.74, 6) is 4.92. The molecule has 0 fully saturated rings. The van der Waals surface area contributed by atoms with Crippen molar-refractivity contribution in [1.82, 2.24) is 0 Å².